The Morgan fingerprint density at radius 1 is 0.684 bits per heavy atom. The van der Waals surface area contributed by atoms with Crippen LogP contribution in [-0.4, -0.2) is 21.5 Å². The molecule has 0 aliphatic rings. The van der Waals surface area contributed by atoms with E-state index in [1.807, 2.05) is 56.2 Å². The van der Waals surface area contributed by atoms with Crippen molar-refractivity contribution in [3.05, 3.63) is 60.2 Å². The summed E-state index contributed by atoms with van der Waals surface area (Å²) in [6.07, 6.45) is 9.66. The van der Waals surface area contributed by atoms with Gasteiger partial charge in [-0.2, -0.15) is 0 Å². The van der Waals surface area contributed by atoms with Gasteiger partial charge >= 0.3 is 0 Å². The lowest BCUT2D eigenvalue weighted by Crippen LogP contribution is -1.87. The van der Waals surface area contributed by atoms with E-state index >= 15 is 0 Å². The first-order valence-electron chi connectivity index (χ1n) is 6.14. The second kappa shape index (κ2) is 9.28. The lowest BCUT2D eigenvalue weighted by atomic mass is 10.2. The van der Waals surface area contributed by atoms with Crippen LogP contribution in [0.1, 0.15) is 11.1 Å². The first kappa shape index (κ1) is 14.8. The standard InChI is InChI=1S/C14H16N2S3/c1-7-15-8-2-13(1)5-11-17-19-18-12-6-14-3-9-16-10-4-14/h1-4,7-10H,5-6,11-12H2. The molecule has 0 amide bonds. The van der Waals surface area contributed by atoms with Crippen molar-refractivity contribution in [2.45, 2.75) is 12.8 Å². The van der Waals surface area contributed by atoms with E-state index < -0.39 is 0 Å². The molecule has 2 heterocycles. The van der Waals surface area contributed by atoms with Crippen LogP contribution in [0.4, 0.5) is 0 Å². The molecule has 0 N–H and O–H groups in total. The third-order valence-electron chi connectivity index (χ3n) is 2.54. The van der Waals surface area contributed by atoms with Gasteiger partial charge in [0.05, 0.1) is 0 Å². The van der Waals surface area contributed by atoms with Crippen LogP contribution < -0.4 is 0 Å². The molecular formula is C14H16N2S3. The Balaban J connectivity index is 1.49. The maximum absolute atomic E-state index is 4.02. The molecule has 0 atom stereocenters. The fourth-order valence-corrected chi connectivity index (χ4v) is 5.31. The van der Waals surface area contributed by atoms with Gasteiger partial charge in [-0.3, -0.25) is 9.97 Å². The number of hydrogen-bond acceptors (Lipinski definition) is 5. The highest BCUT2D eigenvalue weighted by Crippen LogP contribution is 2.35. The van der Waals surface area contributed by atoms with E-state index in [-0.39, 0.29) is 0 Å². The largest absolute Gasteiger partial charge is 0.265 e. The number of pyridine rings is 2. The molecule has 0 spiro atoms. The molecular weight excluding hydrogens is 292 g/mol. The summed E-state index contributed by atoms with van der Waals surface area (Å²) in [5, 5.41) is 0. The molecule has 5 heteroatoms. The van der Waals surface area contributed by atoms with E-state index in [1.165, 1.54) is 11.1 Å². The van der Waals surface area contributed by atoms with Crippen LogP contribution >= 0.6 is 31.4 Å². The lowest BCUT2D eigenvalue weighted by Gasteiger charge is -2.02. The molecule has 0 saturated heterocycles. The van der Waals surface area contributed by atoms with Gasteiger partial charge in [0, 0.05) is 36.3 Å². The third kappa shape index (κ3) is 6.36. The predicted molar refractivity (Wildman–Crippen MR) is 88.4 cm³/mol. The normalized spacial score (nSPS) is 10.5. The first-order chi connectivity index (χ1) is 9.45. The van der Waals surface area contributed by atoms with Crippen molar-refractivity contribution in [1.29, 1.82) is 0 Å². The molecule has 19 heavy (non-hydrogen) atoms. The first-order valence-corrected chi connectivity index (χ1v) is 9.96. The molecule has 0 fully saturated rings. The lowest BCUT2D eigenvalue weighted by molar-refractivity contribution is 1.14. The molecule has 0 unspecified atom stereocenters. The Kier molecular flexibility index (Phi) is 7.21. The maximum Gasteiger partial charge on any atom is 0.0270 e. The summed E-state index contributed by atoms with van der Waals surface area (Å²) in [5.74, 6) is 2.30. The average molecular weight is 308 g/mol. The van der Waals surface area contributed by atoms with Crippen molar-refractivity contribution in [3.63, 3.8) is 0 Å². The zero-order valence-electron chi connectivity index (χ0n) is 10.6. The van der Waals surface area contributed by atoms with Gasteiger partial charge in [-0.05, 0) is 58.1 Å². The molecule has 2 nitrogen and oxygen atoms in total. The van der Waals surface area contributed by atoms with Crippen molar-refractivity contribution in [1.82, 2.24) is 9.97 Å². The molecule has 0 aliphatic heterocycles. The van der Waals surface area contributed by atoms with Crippen LogP contribution in [0, 0.1) is 0 Å². The van der Waals surface area contributed by atoms with E-state index in [2.05, 4.69) is 34.2 Å². The smallest absolute Gasteiger partial charge is 0.0270 e. The SMILES string of the molecule is c1cc(CCSSSCCc2ccncc2)ccn1. The van der Waals surface area contributed by atoms with Crippen LogP contribution in [0.25, 0.3) is 0 Å². The zero-order chi connectivity index (χ0) is 13.2. The number of hydrogen-bond donors (Lipinski definition) is 0. The molecule has 0 radical (unpaired) electrons. The summed E-state index contributed by atoms with van der Waals surface area (Å²) in [6, 6.07) is 8.34. The Labute approximate surface area is 126 Å². The fraction of sp³-hybridized carbons (Fsp3) is 0.286. The minimum absolute atomic E-state index is 1.12. The summed E-state index contributed by atoms with van der Waals surface area (Å²) < 4.78 is 0. The Bertz CT molecular complexity index is 407. The van der Waals surface area contributed by atoms with Gasteiger partial charge in [0.2, 0.25) is 0 Å². The van der Waals surface area contributed by atoms with E-state index in [1.54, 1.807) is 0 Å². The van der Waals surface area contributed by atoms with Crippen LogP contribution in [0.15, 0.2) is 49.1 Å². The molecule has 2 rings (SSSR count). The summed E-state index contributed by atoms with van der Waals surface area (Å²) in [4.78, 5) is 8.04. The van der Waals surface area contributed by atoms with E-state index in [0.717, 1.165) is 24.3 Å². The van der Waals surface area contributed by atoms with Crippen LogP contribution in [0.2, 0.25) is 0 Å². The van der Waals surface area contributed by atoms with E-state index in [0.29, 0.717) is 0 Å². The van der Waals surface area contributed by atoms with Crippen molar-refractivity contribution in [2.75, 3.05) is 11.5 Å². The van der Waals surface area contributed by atoms with E-state index in [9.17, 15) is 0 Å². The summed E-state index contributed by atoms with van der Waals surface area (Å²) in [7, 11) is 5.75. The minimum atomic E-state index is 1.12. The van der Waals surface area contributed by atoms with Crippen molar-refractivity contribution in [3.8, 4) is 0 Å². The molecule has 0 aliphatic carbocycles. The fourth-order valence-electron chi connectivity index (χ4n) is 1.52. The maximum atomic E-state index is 4.02. The number of nitrogens with zero attached hydrogens (tertiary/aromatic N) is 2. The highest BCUT2D eigenvalue weighted by molar-refractivity contribution is 9.09. The molecule has 0 aromatic carbocycles. The molecule has 0 saturated carbocycles. The van der Waals surface area contributed by atoms with Crippen molar-refractivity contribution < 1.29 is 0 Å². The predicted octanol–water partition coefficient (Wildman–Crippen LogP) is 4.29. The summed E-state index contributed by atoms with van der Waals surface area (Å²) in [6.45, 7) is 0. The number of aromatic nitrogens is 2. The number of rotatable bonds is 8. The second-order valence-electron chi connectivity index (χ2n) is 3.92. The summed E-state index contributed by atoms with van der Waals surface area (Å²) >= 11 is 0. The second-order valence-corrected chi connectivity index (χ2v) is 8.39. The average Bonchev–Trinajstić information content (AvgIpc) is 2.48. The monoisotopic (exact) mass is 308 g/mol. The van der Waals surface area contributed by atoms with Crippen molar-refractivity contribution >= 4 is 31.4 Å². The van der Waals surface area contributed by atoms with Crippen LogP contribution in [-0.2, 0) is 12.8 Å². The van der Waals surface area contributed by atoms with Crippen molar-refractivity contribution in [2.24, 2.45) is 0 Å². The van der Waals surface area contributed by atoms with Gasteiger partial charge < -0.3 is 0 Å². The quantitative estimate of drug-likeness (QED) is 0.535. The molecule has 100 valence electrons. The summed E-state index contributed by atoms with van der Waals surface area (Å²) in [5.41, 5.74) is 2.73. The van der Waals surface area contributed by atoms with Gasteiger partial charge in [-0.1, -0.05) is 21.6 Å². The van der Waals surface area contributed by atoms with Gasteiger partial charge in [0.15, 0.2) is 0 Å². The third-order valence-corrected chi connectivity index (χ3v) is 6.79. The van der Waals surface area contributed by atoms with Gasteiger partial charge in [0.25, 0.3) is 0 Å². The van der Waals surface area contributed by atoms with Gasteiger partial charge in [-0.25, -0.2) is 0 Å². The van der Waals surface area contributed by atoms with Crippen LogP contribution in [0.5, 0.6) is 0 Å². The Morgan fingerprint density at radius 2 is 1.11 bits per heavy atom. The molecule has 2 aromatic rings. The van der Waals surface area contributed by atoms with Gasteiger partial charge in [0.1, 0.15) is 0 Å². The Morgan fingerprint density at radius 3 is 1.53 bits per heavy atom. The zero-order valence-corrected chi connectivity index (χ0v) is 13.0. The highest BCUT2D eigenvalue weighted by atomic mass is 33.5. The molecule has 0 bridgehead atoms. The Hall–Kier alpha value is -0.650. The van der Waals surface area contributed by atoms with Crippen LogP contribution in [0.3, 0.4) is 0 Å². The number of aryl methyl sites for hydroxylation is 2. The van der Waals surface area contributed by atoms with E-state index in [4.69, 9.17) is 0 Å². The minimum Gasteiger partial charge on any atom is -0.265 e. The highest BCUT2D eigenvalue weighted by Gasteiger charge is 1.96. The topological polar surface area (TPSA) is 25.8 Å². The van der Waals surface area contributed by atoms with Gasteiger partial charge in [-0.15, -0.1) is 0 Å². The molecule has 2 aromatic heterocycles.